The van der Waals surface area contributed by atoms with Crippen LogP contribution >= 0.6 is 0 Å². The molecule has 0 aliphatic heterocycles. The number of fused-ring (bicyclic) bond motifs is 4. The van der Waals surface area contributed by atoms with Crippen molar-refractivity contribution < 1.29 is 34.1 Å². The quantitative estimate of drug-likeness (QED) is 0.0656. The minimum Gasteiger partial charge on any atom is -0.811 e. The monoisotopic (exact) mass is 1140 g/mol. The third-order valence-electron chi connectivity index (χ3n) is 12.3. The van der Waals surface area contributed by atoms with Crippen LogP contribution in [0.25, 0.3) is 83.3 Å². The van der Waals surface area contributed by atoms with E-state index in [-0.39, 0.29) is 25.7 Å². The molecule has 0 atom stereocenters. The summed E-state index contributed by atoms with van der Waals surface area (Å²) in [5, 5.41) is 11.6. The number of imidazole rings is 1. The summed E-state index contributed by atoms with van der Waals surface area (Å²) in [5.74, 6) is -1.56. The Labute approximate surface area is 457 Å². The van der Waals surface area contributed by atoms with Crippen molar-refractivity contribution in [2.45, 2.75) is 87.3 Å². The van der Waals surface area contributed by atoms with Gasteiger partial charge in [0.15, 0.2) is 0 Å². The Bertz CT molecular complexity index is 3820. The van der Waals surface area contributed by atoms with Gasteiger partial charge in [-0.1, -0.05) is 201 Å². The molecule has 0 amide bonds. The first-order valence-electron chi connectivity index (χ1n) is 27.8. The summed E-state index contributed by atoms with van der Waals surface area (Å²) in [7, 11) is 0. The average Bonchev–Trinajstić information content (AvgIpc) is 3.99. The second-order valence-corrected chi connectivity index (χ2v) is 19.4. The molecule has 5 heteroatoms. The number of aryl methyl sites for hydroxylation is 1. The second kappa shape index (κ2) is 23.6. The summed E-state index contributed by atoms with van der Waals surface area (Å²) >= 11 is 0. The van der Waals surface area contributed by atoms with Crippen molar-refractivity contribution in [2.75, 3.05) is 0 Å². The maximum atomic E-state index is 9.52. The molecule has 9 aromatic rings. The molecule has 9 rings (SSSR count). The van der Waals surface area contributed by atoms with Gasteiger partial charge in [0.1, 0.15) is 5.58 Å². The molecule has 7 aromatic carbocycles. The molecule has 73 heavy (non-hydrogen) atoms. The van der Waals surface area contributed by atoms with Crippen LogP contribution in [0.15, 0.2) is 187 Å². The fourth-order valence-electron chi connectivity index (χ4n) is 8.90. The zero-order valence-corrected chi connectivity index (χ0v) is 45.5. The summed E-state index contributed by atoms with van der Waals surface area (Å²) in [6.07, 6.45) is 10.6. The molecule has 0 unspecified atom stereocenters. The summed E-state index contributed by atoms with van der Waals surface area (Å²) in [6, 6.07) is 51.0. The van der Waals surface area contributed by atoms with E-state index in [0.717, 1.165) is 83.7 Å². The van der Waals surface area contributed by atoms with Crippen LogP contribution in [0.4, 0.5) is 0 Å². The Morgan fingerprint density at radius 3 is 2.21 bits per heavy atom. The maximum Gasteiger partial charge on any atom is 3.00 e. The van der Waals surface area contributed by atoms with Crippen LogP contribution in [0, 0.1) is 24.4 Å². The third-order valence-corrected chi connectivity index (χ3v) is 12.3. The summed E-state index contributed by atoms with van der Waals surface area (Å²) in [5.41, 5.74) is 12.7. The van der Waals surface area contributed by atoms with Crippen molar-refractivity contribution in [1.82, 2.24) is 9.55 Å². The van der Waals surface area contributed by atoms with Crippen LogP contribution in [-0.4, -0.2) is 15.8 Å². The Balaban J connectivity index is 0.000000240. The number of nitrogens with zero attached hydrogens (tertiary/aromatic N) is 3. The number of para-hydroxylation sites is 3. The molecule has 2 aromatic heterocycles. The predicted octanol–water partition coefficient (Wildman–Crippen LogP) is 19.0. The van der Waals surface area contributed by atoms with Crippen LogP contribution in [0.1, 0.15) is 123 Å². The first-order valence-corrected chi connectivity index (χ1v) is 24.3. The smallest absolute Gasteiger partial charge is 0.811 e. The fraction of sp³-hybridized carbons (Fsp3) is 0.206. The van der Waals surface area contributed by atoms with Crippen LogP contribution in [-0.2, 0) is 26.5 Å². The van der Waals surface area contributed by atoms with Crippen LogP contribution in [0.5, 0.6) is 0 Å². The molecule has 368 valence electrons. The molecule has 0 radical (unpaired) electrons. The maximum absolute atomic E-state index is 9.52. The molecule has 0 N–H and O–H groups in total. The second-order valence-electron chi connectivity index (χ2n) is 19.4. The van der Waals surface area contributed by atoms with Gasteiger partial charge in [0, 0.05) is 26.3 Å². The minimum atomic E-state index is -2.38. The van der Waals surface area contributed by atoms with E-state index < -0.39 is 30.4 Å². The zero-order valence-electron chi connectivity index (χ0n) is 50.1. The molecule has 2 heterocycles. The molecule has 0 aliphatic carbocycles. The van der Waals surface area contributed by atoms with Gasteiger partial charge in [-0.25, -0.2) is 0 Å². The van der Waals surface area contributed by atoms with E-state index in [4.69, 9.17) is 16.3 Å². The van der Waals surface area contributed by atoms with Gasteiger partial charge >= 0.3 is 20.1 Å². The van der Waals surface area contributed by atoms with Crippen molar-refractivity contribution in [2.24, 2.45) is 5.41 Å². The van der Waals surface area contributed by atoms with Crippen molar-refractivity contribution in [3.05, 3.63) is 239 Å². The Morgan fingerprint density at radius 1 is 0.849 bits per heavy atom. The molecule has 0 fully saturated rings. The largest absolute Gasteiger partial charge is 3.00 e. The molecule has 0 aliphatic rings. The van der Waals surface area contributed by atoms with E-state index in [1.807, 2.05) is 219 Å². The number of aromatic nitrogens is 2. The van der Waals surface area contributed by atoms with Gasteiger partial charge in [-0.05, 0) is 105 Å². The standard InChI is InChI=1S/C39H39N2.C29H27NO.Ir/c1-8-9-11-16-28(6)35-23-31(22-21-29(35)7)39-40-36-19-14-15-20-37(36)41(39)38-33(26(2)3)24-32(25-34(38)27(4)5)30-17-12-10-13-18-30;1-20(24-9-7-10-26-25-8-5-6-11-27(25)31-28(24)26)18-23(16-17-30)22-14-12-21(13-15-22)19-29(2,3)4;/h8-21,23-27H,6H2,1-5,7H3;5-8,10-18H,19H2,1-4H3;/q-1;-2;+3/b9-8-,16-11-;20-18+,23-16+;/i7D3,26D,27D;19D2;. The number of hydrogen-bond donors (Lipinski definition) is 0. The van der Waals surface area contributed by atoms with Crippen molar-refractivity contribution >= 4 is 55.9 Å². The molecule has 0 bridgehead atoms. The SMILES string of the molecule is [2H]C([2H])([2H])c1c[c-]c(-c2nc3ccccc3n2-c2c(C([2H])(C)C)cc(-c3ccccc3)cc2C([2H])(C)C)cc1C(=C)/C=C\C=C/C.[2H]C([2H])(c1ccc(C(=C/C=[N-])/C=C(\C)c2[c-]ccc3c2oc2ccccc23)cc1)C(C)(C)C.[Ir+3]. The fourth-order valence-corrected chi connectivity index (χ4v) is 8.90. The van der Waals surface area contributed by atoms with E-state index in [2.05, 4.69) is 18.7 Å². The van der Waals surface area contributed by atoms with Gasteiger partial charge in [-0.15, -0.1) is 58.7 Å². The summed E-state index contributed by atoms with van der Waals surface area (Å²) < 4.78 is 68.5. The van der Waals surface area contributed by atoms with Gasteiger partial charge in [-0.2, -0.15) is 6.21 Å². The zero-order chi connectivity index (χ0) is 57.2. The van der Waals surface area contributed by atoms with Crippen LogP contribution in [0.2, 0.25) is 0 Å². The summed E-state index contributed by atoms with van der Waals surface area (Å²) in [6.45, 7) is 18.9. The topological polar surface area (TPSA) is 53.3 Å². The molecule has 0 spiro atoms. The summed E-state index contributed by atoms with van der Waals surface area (Å²) in [4.78, 5) is 5.06. The molecule has 4 nitrogen and oxygen atoms in total. The van der Waals surface area contributed by atoms with Crippen molar-refractivity contribution in [3.8, 4) is 28.2 Å². The van der Waals surface area contributed by atoms with Crippen molar-refractivity contribution in [1.29, 1.82) is 0 Å². The van der Waals surface area contributed by atoms with Crippen LogP contribution in [0.3, 0.4) is 0 Å². The number of benzene rings is 7. The van der Waals surface area contributed by atoms with Gasteiger partial charge < -0.3 is 14.4 Å². The minimum absolute atomic E-state index is 0. The number of rotatable bonds is 13. The van der Waals surface area contributed by atoms with Gasteiger partial charge in [0.25, 0.3) is 0 Å². The Hall–Kier alpha value is -7.17. The molecule has 0 saturated heterocycles. The number of allylic oxidation sites excluding steroid dienone is 9. The molecule has 0 saturated carbocycles. The van der Waals surface area contributed by atoms with Gasteiger partial charge in [0.2, 0.25) is 0 Å². The first-order chi connectivity index (χ1) is 37.2. The van der Waals surface area contributed by atoms with Gasteiger partial charge in [0.05, 0.1) is 16.9 Å². The third kappa shape index (κ3) is 12.2. The molecular weight excluding hydrogens is 1070 g/mol. The molecular formula is C68H66IrN3O. The van der Waals surface area contributed by atoms with Crippen molar-refractivity contribution in [3.63, 3.8) is 0 Å². The first kappa shape index (κ1) is 44.5. The van der Waals surface area contributed by atoms with Crippen LogP contribution < -0.4 is 0 Å². The number of furan rings is 1. The van der Waals surface area contributed by atoms with E-state index >= 15 is 0 Å². The number of hydrogen-bond acceptors (Lipinski definition) is 2. The average molecular weight is 1140 g/mol. The Morgan fingerprint density at radius 2 is 1.53 bits per heavy atom. The van der Waals surface area contributed by atoms with E-state index in [0.29, 0.717) is 33.8 Å². The predicted molar refractivity (Wildman–Crippen MR) is 310 cm³/mol. The van der Waals surface area contributed by atoms with E-state index in [9.17, 15) is 8.15 Å². The van der Waals surface area contributed by atoms with E-state index in [1.165, 1.54) is 6.07 Å². The van der Waals surface area contributed by atoms with Gasteiger partial charge in [-0.3, -0.25) is 4.98 Å². The Kier molecular flexibility index (Phi) is 14.4. The van der Waals surface area contributed by atoms with E-state index in [1.54, 1.807) is 18.2 Å². The normalized spacial score (nSPS) is 14.4.